The van der Waals surface area contributed by atoms with Gasteiger partial charge in [-0.1, -0.05) is 12.1 Å². The van der Waals surface area contributed by atoms with Crippen LogP contribution < -0.4 is 4.74 Å². The first-order valence-electron chi connectivity index (χ1n) is 3.64. The molecule has 14 heavy (non-hydrogen) atoms. The molecule has 0 amide bonds. The van der Waals surface area contributed by atoms with Crippen LogP contribution in [-0.2, 0) is 4.79 Å². The summed E-state index contributed by atoms with van der Waals surface area (Å²) in [5.41, 5.74) is 0.0431. The van der Waals surface area contributed by atoms with Crippen molar-refractivity contribution < 1.29 is 18.3 Å². The van der Waals surface area contributed by atoms with Gasteiger partial charge >= 0.3 is 12.4 Å². The van der Waals surface area contributed by atoms with Gasteiger partial charge in [0.15, 0.2) is 0 Å². The molecule has 0 saturated heterocycles. The molecule has 0 atom stereocenters. The molecule has 0 aliphatic carbocycles. The summed E-state index contributed by atoms with van der Waals surface area (Å²) in [6.45, 7) is 0. The Hall–Kier alpha value is -1.96. The summed E-state index contributed by atoms with van der Waals surface area (Å²) in [6, 6.07) is 7.38. The van der Waals surface area contributed by atoms with Crippen molar-refractivity contribution >= 4 is 5.97 Å². The topological polar surface area (TPSA) is 50.1 Å². The van der Waals surface area contributed by atoms with Crippen LogP contribution in [0.4, 0.5) is 8.78 Å². The Bertz CT molecular complexity index is 385. The Morgan fingerprint density at radius 2 is 2.07 bits per heavy atom. The number of halogens is 2. The number of nitrogens with zero attached hydrogens (tertiary/aromatic N) is 1. The Balaban J connectivity index is 2.87. The van der Waals surface area contributed by atoms with Crippen LogP contribution >= 0.6 is 0 Å². The van der Waals surface area contributed by atoms with Crippen LogP contribution in [0.3, 0.4) is 0 Å². The van der Waals surface area contributed by atoms with Crippen molar-refractivity contribution in [3.8, 4) is 11.8 Å². The van der Waals surface area contributed by atoms with E-state index in [9.17, 15) is 13.6 Å². The van der Waals surface area contributed by atoms with Crippen LogP contribution in [0.15, 0.2) is 24.3 Å². The van der Waals surface area contributed by atoms with Crippen LogP contribution in [0.1, 0.15) is 5.56 Å². The van der Waals surface area contributed by atoms with Crippen molar-refractivity contribution in [2.45, 2.75) is 6.43 Å². The Morgan fingerprint density at radius 1 is 1.43 bits per heavy atom. The minimum Gasteiger partial charge on any atom is -0.421 e. The molecule has 0 bridgehead atoms. The molecule has 3 nitrogen and oxygen atoms in total. The zero-order valence-corrected chi connectivity index (χ0v) is 6.91. The second-order valence-corrected chi connectivity index (χ2v) is 2.33. The summed E-state index contributed by atoms with van der Waals surface area (Å²) < 4.78 is 27.9. The van der Waals surface area contributed by atoms with Crippen molar-refractivity contribution in [2.24, 2.45) is 0 Å². The maximum absolute atomic E-state index is 11.8. The van der Waals surface area contributed by atoms with Gasteiger partial charge in [0.1, 0.15) is 11.8 Å². The highest BCUT2D eigenvalue weighted by molar-refractivity contribution is 5.76. The normalized spacial score (nSPS) is 9.57. The van der Waals surface area contributed by atoms with E-state index in [2.05, 4.69) is 4.74 Å². The molecule has 0 aliphatic rings. The number of ether oxygens (including phenoxy) is 1. The average molecular weight is 197 g/mol. The number of nitriles is 1. The van der Waals surface area contributed by atoms with Crippen LogP contribution in [0.5, 0.6) is 5.75 Å². The predicted molar refractivity (Wildman–Crippen MR) is 42.8 cm³/mol. The highest BCUT2D eigenvalue weighted by Crippen LogP contribution is 2.17. The smallest absolute Gasteiger partial charge is 0.379 e. The summed E-state index contributed by atoms with van der Waals surface area (Å²) >= 11 is 0. The molecule has 1 aromatic carbocycles. The van der Waals surface area contributed by atoms with E-state index in [1.165, 1.54) is 24.3 Å². The van der Waals surface area contributed by atoms with Crippen LogP contribution in [0.2, 0.25) is 0 Å². The lowest BCUT2D eigenvalue weighted by Crippen LogP contribution is -2.17. The number of carbonyl (C=O) groups excluding carboxylic acids is 1. The van der Waals surface area contributed by atoms with Gasteiger partial charge < -0.3 is 4.74 Å². The van der Waals surface area contributed by atoms with Crippen LogP contribution in [0.25, 0.3) is 0 Å². The lowest BCUT2D eigenvalue weighted by Gasteiger charge is -2.03. The molecular weight excluding hydrogens is 192 g/mol. The van der Waals surface area contributed by atoms with Gasteiger partial charge in [0.25, 0.3) is 0 Å². The number of hydrogen-bond donors (Lipinski definition) is 0. The van der Waals surface area contributed by atoms with Gasteiger partial charge in [0.05, 0.1) is 5.56 Å². The Kier molecular flexibility index (Phi) is 3.13. The largest absolute Gasteiger partial charge is 0.421 e. The maximum atomic E-state index is 11.8. The summed E-state index contributed by atoms with van der Waals surface area (Å²) in [5, 5.41) is 8.54. The van der Waals surface area contributed by atoms with Crippen molar-refractivity contribution in [3.63, 3.8) is 0 Å². The molecule has 0 aliphatic heterocycles. The van der Waals surface area contributed by atoms with E-state index in [-0.39, 0.29) is 11.3 Å². The van der Waals surface area contributed by atoms with E-state index in [0.29, 0.717) is 0 Å². The standard InChI is InChI=1S/C9H5F2NO2/c10-8(11)9(13)14-7-4-2-1-3-6(7)5-12/h1-4,8H. The number of rotatable bonds is 2. The van der Waals surface area contributed by atoms with Crippen molar-refractivity contribution in [1.82, 2.24) is 0 Å². The fourth-order valence-electron chi connectivity index (χ4n) is 0.801. The molecule has 5 heteroatoms. The maximum Gasteiger partial charge on any atom is 0.379 e. The molecule has 1 aromatic rings. The number of esters is 1. The molecular formula is C9H5F2NO2. The molecule has 0 N–H and O–H groups in total. The van der Waals surface area contributed by atoms with Crippen molar-refractivity contribution in [2.75, 3.05) is 0 Å². The second kappa shape index (κ2) is 4.33. The molecule has 0 radical (unpaired) electrons. The van der Waals surface area contributed by atoms with Gasteiger partial charge in [-0.15, -0.1) is 0 Å². The predicted octanol–water partition coefficient (Wildman–Crippen LogP) is 1.73. The first kappa shape index (κ1) is 10.1. The molecule has 0 unspecified atom stereocenters. The first-order valence-corrected chi connectivity index (χ1v) is 3.64. The van der Waals surface area contributed by atoms with Crippen molar-refractivity contribution in [1.29, 1.82) is 5.26 Å². The highest BCUT2D eigenvalue weighted by atomic mass is 19.3. The lowest BCUT2D eigenvalue weighted by molar-refractivity contribution is -0.146. The lowest BCUT2D eigenvalue weighted by atomic mass is 10.2. The molecule has 0 spiro atoms. The van der Waals surface area contributed by atoms with E-state index >= 15 is 0 Å². The molecule has 1 rings (SSSR count). The quantitative estimate of drug-likeness (QED) is 0.535. The monoisotopic (exact) mass is 197 g/mol. The Morgan fingerprint density at radius 3 is 2.64 bits per heavy atom. The van der Waals surface area contributed by atoms with Crippen LogP contribution in [-0.4, -0.2) is 12.4 Å². The summed E-state index contributed by atoms with van der Waals surface area (Å²) in [7, 11) is 0. The number of hydrogen-bond acceptors (Lipinski definition) is 3. The third-order valence-electron chi connectivity index (χ3n) is 1.40. The van der Waals surface area contributed by atoms with E-state index < -0.39 is 12.4 Å². The van der Waals surface area contributed by atoms with Gasteiger partial charge in [-0.05, 0) is 12.1 Å². The van der Waals surface area contributed by atoms with Crippen molar-refractivity contribution in [3.05, 3.63) is 29.8 Å². The summed E-state index contributed by atoms with van der Waals surface area (Å²) in [4.78, 5) is 10.5. The van der Waals surface area contributed by atoms with E-state index in [1.54, 1.807) is 6.07 Å². The fraction of sp³-hybridized carbons (Fsp3) is 0.111. The van der Waals surface area contributed by atoms with E-state index in [0.717, 1.165) is 0 Å². The van der Waals surface area contributed by atoms with Crippen LogP contribution in [0, 0.1) is 11.3 Å². The SMILES string of the molecule is N#Cc1ccccc1OC(=O)C(F)F. The third-order valence-corrected chi connectivity index (χ3v) is 1.40. The third kappa shape index (κ3) is 2.26. The minimum absolute atomic E-state index is 0.0431. The Labute approximate surface area is 78.5 Å². The molecule has 0 fully saturated rings. The van der Waals surface area contributed by atoms with Gasteiger partial charge in [-0.25, -0.2) is 4.79 Å². The van der Waals surface area contributed by atoms with Gasteiger partial charge in [-0.2, -0.15) is 14.0 Å². The molecule has 72 valence electrons. The van der Waals surface area contributed by atoms with Gasteiger partial charge in [-0.3, -0.25) is 0 Å². The van der Waals surface area contributed by atoms with E-state index in [1.807, 2.05) is 0 Å². The first-order chi connectivity index (χ1) is 6.65. The number of carbonyl (C=O) groups is 1. The molecule has 0 aromatic heterocycles. The highest BCUT2D eigenvalue weighted by Gasteiger charge is 2.18. The fourth-order valence-corrected chi connectivity index (χ4v) is 0.801. The average Bonchev–Trinajstić information content (AvgIpc) is 2.18. The zero-order valence-electron chi connectivity index (χ0n) is 6.91. The molecule has 0 saturated carbocycles. The van der Waals surface area contributed by atoms with E-state index in [4.69, 9.17) is 5.26 Å². The van der Waals surface area contributed by atoms with Gasteiger partial charge in [0.2, 0.25) is 0 Å². The number of benzene rings is 1. The summed E-state index contributed by atoms with van der Waals surface area (Å²) in [6.07, 6.45) is -3.19. The van der Waals surface area contributed by atoms with Gasteiger partial charge in [0, 0.05) is 0 Å². The zero-order chi connectivity index (χ0) is 10.6. The molecule has 0 heterocycles. The summed E-state index contributed by atoms with van der Waals surface area (Å²) in [5.74, 6) is -1.81. The number of alkyl halides is 2. The minimum atomic E-state index is -3.19. The second-order valence-electron chi connectivity index (χ2n) is 2.33. The number of para-hydroxylation sites is 1.